The van der Waals surface area contributed by atoms with Crippen molar-refractivity contribution >= 4 is 22.8 Å². The molecule has 1 atom stereocenters. The van der Waals surface area contributed by atoms with E-state index in [1.807, 2.05) is 6.07 Å². The molecule has 4 aromatic rings. The molecule has 10 heteroatoms. The largest absolute Gasteiger partial charge is 0.497 e. The van der Waals surface area contributed by atoms with Crippen LogP contribution in [0.4, 0.5) is 0 Å². The monoisotopic (exact) mass is 474 g/mol. The number of ether oxygens (including phenoxy) is 1. The van der Waals surface area contributed by atoms with Crippen molar-refractivity contribution in [2.24, 2.45) is 0 Å². The quantitative estimate of drug-likeness (QED) is 0.373. The Morgan fingerprint density at radius 1 is 1.14 bits per heavy atom. The third kappa shape index (κ3) is 4.67. The number of aromatic nitrogens is 3. The number of nitrogens with zero attached hydrogens (tertiary/aromatic N) is 2. The van der Waals surface area contributed by atoms with Gasteiger partial charge in [0.1, 0.15) is 11.4 Å². The third-order valence-corrected chi connectivity index (χ3v) is 5.66. The average molecular weight is 474 g/mol. The lowest BCUT2D eigenvalue weighted by molar-refractivity contribution is 0.0694. The van der Waals surface area contributed by atoms with Crippen LogP contribution in [-0.2, 0) is 6.54 Å². The third-order valence-electron chi connectivity index (χ3n) is 5.66. The summed E-state index contributed by atoms with van der Waals surface area (Å²) in [5, 5.41) is 12.3. The minimum atomic E-state index is -1.17. The Labute approximate surface area is 198 Å². The van der Waals surface area contributed by atoms with Gasteiger partial charge in [-0.1, -0.05) is 30.3 Å². The van der Waals surface area contributed by atoms with Gasteiger partial charge in [-0.2, -0.15) is 0 Å². The number of rotatable bonds is 7. The molecule has 35 heavy (non-hydrogen) atoms. The second-order valence-electron chi connectivity index (χ2n) is 7.82. The number of carboxylic acid groups (broad SMARTS) is 1. The van der Waals surface area contributed by atoms with Gasteiger partial charge in [-0.25, -0.2) is 14.6 Å². The minimum absolute atomic E-state index is 0.00492. The van der Waals surface area contributed by atoms with Gasteiger partial charge in [-0.3, -0.25) is 14.2 Å². The summed E-state index contributed by atoms with van der Waals surface area (Å²) in [4.78, 5) is 57.0. The van der Waals surface area contributed by atoms with Crippen molar-refractivity contribution in [3.63, 3.8) is 0 Å². The summed E-state index contributed by atoms with van der Waals surface area (Å²) in [5.41, 5.74) is -0.117. The molecule has 0 fully saturated rings. The summed E-state index contributed by atoms with van der Waals surface area (Å²) >= 11 is 0. The molecule has 2 aromatic carbocycles. The molecule has 0 saturated heterocycles. The first kappa shape index (κ1) is 23.4. The number of hydrogen-bond acceptors (Lipinski definition) is 6. The molecule has 10 nitrogen and oxygen atoms in total. The number of methoxy groups -OCH3 is 1. The number of carboxylic acids is 1. The average Bonchev–Trinajstić information content (AvgIpc) is 2.87. The molecule has 4 rings (SSSR count). The van der Waals surface area contributed by atoms with Crippen LogP contribution >= 0.6 is 0 Å². The Hall–Kier alpha value is -4.73. The Kier molecular flexibility index (Phi) is 6.45. The highest BCUT2D eigenvalue weighted by molar-refractivity contribution is 5.95. The summed E-state index contributed by atoms with van der Waals surface area (Å²) < 4.78 is 6.11. The van der Waals surface area contributed by atoms with Gasteiger partial charge >= 0.3 is 11.7 Å². The lowest BCUT2D eigenvalue weighted by Crippen LogP contribution is -2.38. The first-order valence-corrected chi connectivity index (χ1v) is 10.7. The highest BCUT2D eigenvalue weighted by Crippen LogP contribution is 2.20. The Morgan fingerprint density at radius 3 is 2.66 bits per heavy atom. The lowest BCUT2D eigenvalue weighted by Gasteiger charge is -2.17. The molecule has 1 amide bonds. The van der Waals surface area contributed by atoms with E-state index in [4.69, 9.17) is 4.74 Å². The van der Waals surface area contributed by atoms with Crippen LogP contribution in [0.1, 0.15) is 44.9 Å². The van der Waals surface area contributed by atoms with E-state index in [1.165, 1.54) is 18.3 Å². The molecule has 2 aromatic heterocycles. The summed E-state index contributed by atoms with van der Waals surface area (Å²) in [7, 11) is 1.55. The van der Waals surface area contributed by atoms with Crippen molar-refractivity contribution in [1.82, 2.24) is 19.9 Å². The molecule has 0 aliphatic rings. The van der Waals surface area contributed by atoms with Crippen molar-refractivity contribution in [2.45, 2.75) is 19.5 Å². The number of aromatic amines is 1. The summed E-state index contributed by atoms with van der Waals surface area (Å²) in [6, 6.07) is 13.8. The highest BCUT2D eigenvalue weighted by Gasteiger charge is 2.21. The summed E-state index contributed by atoms with van der Waals surface area (Å²) in [6.45, 7) is 1.78. The number of aromatic carboxylic acids is 1. The van der Waals surface area contributed by atoms with Crippen LogP contribution in [0.25, 0.3) is 10.9 Å². The molecular formula is C25H22N4O6. The molecule has 0 bridgehead atoms. The van der Waals surface area contributed by atoms with Crippen molar-refractivity contribution < 1.29 is 19.4 Å². The molecule has 0 aliphatic heterocycles. The van der Waals surface area contributed by atoms with E-state index in [1.54, 1.807) is 50.4 Å². The van der Waals surface area contributed by atoms with Gasteiger partial charge in [0.05, 0.1) is 35.8 Å². The first-order chi connectivity index (χ1) is 16.8. The molecular weight excluding hydrogens is 452 g/mol. The number of nitrogens with one attached hydrogen (secondary N) is 2. The van der Waals surface area contributed by atoms with Crippen LogP contribution < -0.4 is 21.3 Å². The number of amides is 1. The molecule has 0 spiro atoms. The van der Waals surface area contributed by atoms with Gasteiger partial charge in [-0.05, 0) is 42.3 Å². The molecule has 3 N–H and O–H groups in total. The zero-order valence-corrected chi connectivity index (χ0v) is 18.9. The van der Waals surface area contributed by atoms with Gasteiger partial charge in [0, 0.05) is 6.54 Å². The van der Waals surface area contributed by atoms with Gasteiger partial charge in [0.25, 0.3) is 11.5 Å². The zero-order valence-electron chi connectivity index (χ0n) is 18.9. The van der Waals surface area contributed by atoms with E-state index < -0.39 is 29.2 Å². The second-order valence-corrected chi connectivity index (χ2v) is 7.82. The van der Waals surface area contributed by atoms with Crippen LogP contribution in [0, 0.1) is 0 Å². The smallest absolute Gasteiger partial charge is 0.336 e. The van der Waals surface area contributed by atoms with Crippen LogP contribution in [0.2, 0.25) is 0 Å². The van der Waals surface area contributed by atoms with Crippen molar-refractivity contribution in [1.29, 1.82) is 0 Å². The van der Waals surface area contributed by atoms with Gasteiger partial charge in [-0.15, -0.1) is 0 Å². The molecule has 2 heterocycles. The Balaban J connectivity index is 1.69. The highest BCUT2D eigenvalue weighted by atomic mass is 16.5. The predicted molar refractivity (Wildman–Crippen MR) is 128 cm³/mol. The van der Waals surface area contributed by atoms with E-state index in [0.29, 0.717) is 11.3 Å². The number of hydrogen-bond donors (Lipinski definition) is 3. The Bertz CT molecular complexity index is 1560. The Morgan fingerprint density at radius 2 is 1.91 bits per heavy atom. The maximum absolute atomic E-state index is 13.3. The fourth-order valence-corrected chi connectivity index (χ4v) is 3.86. The number of carbonyl (C=O) groups is 2. The minimum Gasteiger partial charge on any atom is -0.497 e. The fraction of sp³-hybridized carbons (Fsp3) is 0.160. The van der Waals surface area contributed by atoms with Gasteiger partial charge in [0.2, 0.25) is 0 Å². The number of fused-ring (bicyclic) bond motifs is 1. The fourth-order valence-electron chi connectivity index (χ4n) is 3.86. The SMILES string of the molecule is COc1cccc(CNC(=O)c2cc3c(=O)n(C(C)c4ccccc4C(=O)O)c(=O)[nH]c3cn2)c1. The van der Waals surface area contributed by atoms with Crippen molar-refractivity contribution in [3.05, 3.63) is 104 Å². The first-order valence-electron chi connectivity index (χ1n) is 10.7. The van der Waals surface area contributed by atoms with E-state index in [2.05, 4.69) is 15.3 Å². The molecule has 0 radical (unpaired) electrons. The molecule has 0 aliphatic carbocycles. The van der Waals surface area contributed by atoms with Gasteiger partial charge in [0.15, 0.2) is 0 Å². The number of H-pyrrole nitrogens is 1. The van der Waals surface area contributed by atoms with Crippen LogP contribution in [0.3, 0.4) is 0 Å². The van der Waals surface area contributed by atoms with E-state index in [0.717, 1.165) is 10.1 Å². The second kappa shape index (κ2) is 9.64. The standard InChI is InChI=1S/C25H22N4O6/c1-14(17-8-3-4-9-18(17)24(32)33)29-23(31)19-11-20(26-13-21(19)28-25(29)34)22(30)27-12-15-6-5-7-16(10-15)35-2/h3-11,13-14H,12H2,1-2H3,(H,27,30)(H,28,34)(H,32,33). The molecule has 178 valence electrons. The maximum Gasteiger partial charge on any atom is 0.336 e. The number of carbonyl (C=O) groups excluding carboxylic acids is 1. The van der Waals surface area contributed by atoms with Crippen LogP contribution in [0.15, 0.2) is 70.4 Å². The number of benzene rings is 2. The van der Waals surface area contributed by atoms with Crippen molar-refractivity contribution in [2.75, 3.05) is 7.11 Å². The van der Waals surface area contributed by atoms with Crippen molar-refractivity contribution in [3.8, 4) is 5.75 Å². The summed E-state index contributed by atoms with van der Waals surface area (Å²) in [6.07, 6.45) is 1.25. The topological polar surface area (TPSA) is 143 Å². The van der Waals surface area contributed by atoms with E-state index in [-0.39, 0.29) is 28.7 Å². The van der Waals surface area contributed by atoms with Gasteiger partial charge < -0.3 is 20.1 Å². The molecule has 0 saturated carbocycles. The normalized spacial score (nSPS) is 11.7. The number of pyridine rings is 1. The summed E-state index contributed by atoms with van der Waals surface area (Å²) in [5.74, 6) is -1.02. The van der Waals surface area contributed by atoms with E-state index >= 15 is 0 Å². The van der Waals surface area contributed by atoms with Crippen LogP contribution in [0.5, 0.6) is 5.75 Å². The van der Waals surface area contributed by atoms with Crippen LogP contribution in [-0.4, -0.2) is 38.6 Å². The zero-order chi connectivity index (χ0) is 25.1. The molecule has 1 unspecified atom stereocenters. The predicted octanol–water partition coefficient (Wildman–Crippen LogP) is 2.33. The van der Waals surface area contributed by atoms with E-state index in [9.17, 15) is 24.3 Å². The lowest BCUT2D eigenvalue weighted by atomic mass is 10.0. The maximum atomic E-state index is 13.3.